The van der Waals surface area contributed by atoms with Crippen LogP contribution in [0.3, 0.4) is 0 Å². The predicted octanol–water partition coefficient (Wildman–Crippen LogP) is 2.15. The molecule has 5 nitrogen and oxygen atoms in total. The molecule has 0 fully saturated rings. The quantitative estimate of drug-likeness (QED) is 0.684. The molecule has 5 heteroatoms. The normalized spacial score (nSPS) is 11.2. The lowest BCUT2D eigenvalue weighted by Gasteiger charge is -2.09. The minimum Gasteiger partial charge on any atom is -0.451 e. The number of para-hydroxylation sites is 1. The van der Waals surface area contributed by atoms with Crippen molar-refractivity contribution in [2.45, 2.75) is 19.7 Å². The van der Waals surface area contributed by atoms with Crippen molar-refractivity contribution in [2.24, 2.45) is 0 Å². The predicted molar refractivity (Wildman–Crippen MR) is 101 cm³/mol. The summed E-state index contributed by atoms with van der Waals surface area (Å²) in [7, 11) is 5.86. The number of methoxy groups -OCH3 is 1. The van der Waals surface area contributed by atoms with Gasteiger partial charge in [-0.1, -0.05) is 42.5 Å². The van der Waals surface area contributed by atoms with E-state index < -0.39 is 0 Å². The molecule has 0 bridgehead atoms. The minimum atomic E-state index is -0.227. The average molecular weight is 353 g/mol. The van der Waals surface area contributed by atoms with E-state index in [-0.39, 0.29) is 5.91 Å². The Morgan fingerprint density at radius 2 is 1.77 bits per heavy atom. The molecule has 3 rings (SSSR count). The average Bonchev–Trinajstić information content (AvgIpc) is 3.00. The zero-order chi connectivity index (χ0) is 18.5. The highest BCUT2D eigenvalue weighted by Crippen LogP contribution is 2.26. The molecule has 1 amide bonds. The van der Waals surface area contributed by atoms with Crippen molar-refractivity contribution in [2.75, 3.05) is 21.2 Å². The van der Waals surface area contributed by atoms with E-state index in [2.05, 4.69) is 31.5 Å². The van der Waals surface area contributed by atoms with Gasteiger partial charge in [-0.15, -0.1) is 0 Å². The lowest BCUT2D eigenvalue weighted by molar-refractivity contribution is -0.872. The summed E-state index contributed by atoms with van der Waals surface area (Å²) in [6.45, 7) is 1.77. The number of amides is 1. The van der Waals surface area contributed by atoms with E-state index in [1.807, 2.05) is 36.4 Å². The molecule has 136 valence electrons. The molecule has 2 aromatic carbocycles. The Bertz CT molecular complexity index is 882. The number of fused-ring (bicyclic) bond motifs is 1. The third kappa shape index (κ3) is 4.12. The fraction of sp³-hybridized carbons (Fsp3) is 0.286. The largest absolute Gasteiger partial charge is 0.451 e. The van der Waals surface area contributed by atoms with E-state index >= 15 is 0 Å². The van der Waals surface area contributed by atoms with Gasteiger partial charge in [-0.3, -0.25) is 4.79 Å². The molecule has 0 saturated heterocycles. The van der Waals surface area contributed by atoms with Gasteiger partial charge >= 0.3 is 0 Å². The van der Waals surface area contributed by atoms with Crippen molar-refractivity contribution in [3.8, 4) is 0 Å². The van der Waals surface area contributed by atoms with Crippen molar-refractivity contribution >= 4 is 16.9 Å². The maximum atomic E-state index is 12.6. The van der Waals surface area contributed by atoms with E-state index in [0.717, 1.165) is 23.1 Å². The molecule has 0 spiro atoms. The van der Waals surface area contributed by atoms with Crippen LogP contribution < -0.4 is 10.2 Å². The Morgan fingerprint density at radius 3 is 2.46 bits per heavy atom. The molecular formula is C21H25N2O3+. The number of quaternary nitrogens is 1. The van der Waals surface area contributed by atoms with Gasteiger partial charge < -0.3 is 19.4 Å². The molecule has 1 heterocycles. The Hall–Kier alpha value is -2.63. The van der Waals surface area contributed by atoms with E-state index in [1.165, 1.54) is 10.5 Å². The standard InChI is InChI=1S/C21H24N2O3/c1-23(2)13-16-10-8-15(9-11-16)12-22-21(24)20-18(14-25-3)17-6-4-5-7-19(17)26-20/h4-11H,12-14H2,1-3H3,(H,22,24)/p+1. The first-order chi connectivity index (χ1) is 12.6. The molecule has 0 aliphatic rings. The molecule has 0 unspecified atom stereocenters. The van der Waals surface area contributed by atoms with E-state index in [4.69, 9.17) is 9.15 Å². The zero-order valence-electron chi connectivity index (χ0n) is 15.5. The van der Waals surface area contributed by atoms with Crippen LogP contribution in [-0.4, -0.2) is 27.1 Å². The van der Waals surface area contributed by atoms with Gasteiger partial charge in [0.25, 0.3) is 5.91 Å². The van der Waals surface area contributed by atoms with Crippen LogP contribution in [0.15, 0.2) is 52.9 Å². The zero-order valence-corrected chi connectivity index (χ0v) is 15.5. The number of carbonyl (C=O) groups is 1. The summed E-state index contributed by atoms with van der Waals surface area (Å²) in [5.74, 6) is 0.0935. The minimum absolute atomic E-state index is 0.227. The maximum Gasteiger partial charge on any atom is 0.287 e. The maximum absolute atomic E-state index is 12.6. The summed E-state index contributed by atoms with van der Waals surface area (Å²) in [5.41, 5.74) is 3.81. The van der Waals surface area contributed by atoms with Gasteiger partial charge in [-0.05, 0) is 11.6 Å². The van der Waals surface area contributed by atoms with Crippen molar-refractivity contribution in [1.82, 2.24) is 5.32 Å². The highest BCUT2D eigenvalue weighted by atomic mass is 16.5. The first-order valence-corrected chi connectivity index (χ1v) is 8.73. The van der Waals surface area contributed by atoms with Crippen molar-refractivity contribution < 1.29 is 18.8 Å². The van der Waals surface area contributed by atoms with E-state index in [1.54, 1.807) is 7.11 Å². The van der Waals surface area contributed by atoms with Gasteiger partial charge in [0.05, 0.1) is 20.7 Å². The number of ether oxygens (including phenoxy) is 1. The van der Waals surface area contributed by atoms with E-state index in [9.17, 15) is 4.79 Å². The van der Waals surface area contributed by atoms with Crippen LogP contribution in [0.5, 0.6) is 0 Å². The highest BCUT2D eigenvalue weighted by molar-refractivity contribution is 5.99. The Balaban J connectivity index is 1.72. The van der Waals surface area contributed by atoms with Crippen LogP contribution in [0.1, 0.15) is 27.2 Å². The summed E-state index contributed by atoms with van der Waals surface area (Å²) in [4.78, 5) is 14.0. The number of carbonyl (C=O) groups excluding carboxylic acids is 1. The number of hydrogen-bond acceptors (Lipinski definition) is 3. The van der Waals surface area contributed by atoms with Crippen LogP contribution in [0, 0.1) is 0 Å². The Kier molecular flexibility index (Phi) is 5.71. The summed E-state index contributed by atoms with van der Waals surface area (Å²) in [5, 5.41) is 3.85. The van der Waals surface area contributed by atoms with Crippen molar-refractivity contribution in [3.63, 3.8) is 0 Å². The smallest absolute Gasteiger partial charge is 0.287 e. The summed E-state index contributed by atoms with van der Waals surface area (Å²) >= 11 is 0. The third-order valence-corrected chi connectivity index (χ3v) is 4.23. The summed E-state index contributed by atoms with van der Waals surface area (Å²) in [6, 6.07) is 15.9. The molecule has 3 aromatic rings. The number of benzene rings is 2. The summed E-state index contributed by atoms with van der Waals surface area (Å²) < 4.78 is 11.0. The van der Waals surface area contributed by atoms with Crippen molar-refractivity contribution in [3.05, 3.63) is 71.0 Å². The van der Waals surface area contributed by atoms with E-state index in [0.29, 0.717) is 24.5 Å². The topological polar surface area (TPSA) is 55.9 Å². The number of furan rings is 1. The van der Waals surface area contributed by atoms with Crippen LogP contribution in [-0.2, 0) is 24.4 Å². The van der Waals surface area contributed by atoms with Crippen LogP contribution >= 0.6 is 0 Å². The van der Waals surface area contributed by atoms with Crippen LogP contribution in [0.25, 0.3) is 11.0 Å². The van der Waals surface area contributed by atoms with Gasteiger partial charge in [0.2, 0.25) is 0 Å². The number of nitrogens with one attached hydrogen (secondary N) is 2. The van der Waals surface area contributed by atoms with Crippen LogP contribution in [0.2, 0.25) is 0 Å². The monoisotopic (exact) mass is 353 g/mol. The number of hydrogen-bond donors (Lipinski definition) is 2. The molecule has 26 heavy (non-hydrogen) atoms. The summed E-state index contributed by atoms with van der Waals surface area (Å²) in [6.07, 6.45) is 0. The molecule has 1 aromatic heterocycles. The lowest BCUT2D eigenvalue weighted by Crippen LogP contribution is -3.04. The fourth-order valence-electron chi connectivity index (χ4n) is 3.02. The van der Waals surface area contributed by atoms with Gasteiger partial charge in [0.15, 0.2) is 5.76 Å². The highest BCUT2D eigenvalue weighted by Gasteiger charge is 2.20. The molecule has 0 aliphatic heterocycles. The SMILES string of the molecule is COCc1c(C(=O)NCc2ccc(C[NH+](C)C)cc2)oc2ccccc12. The Labute approximate surface area is 153 Å². The second-order valence-electron chi connectivity index (χ2n) is 6.72. The van der Waals surface area contributed by atoms with Crippen LogP contribution in [0.4, 0.5) is 0 Å². The van der Waals surface area contributed by atoms with Gasteiger partial charge in [0.1, 0.15) is 12.1 Å². The second kappa shape index (κ2) is 8.17. The molecular weight excluding hydrogens is 328 g/mol. The molecule has 2 N–H and O–H groups in total. The first-order valence-electron chi connectivity index (χ1n) is 8.73. The van der Waals surface area contributed by atoms with Gasteiger partial charge in [-0.2, -0.15) is 0 Å². The van der Waals surface area contributed by atoms with Gasteiger partial charge in [0, 0.05) is 30.2 Å². The molecule has 0 aliphatic carbocycles. The Morgan fingerprint density at radius 1 is 1.08 bits per heavy atom. The van der Waals surface area contributed by atoms with Crippen molar-refractivity contribution in [1.29, 1.82) is 0 Å². The second-order valence-corrected chi connectivity index (χ2v) is 6.72. The third-order valence-electron chi connectivity index (χ3n) is 4.23. The lowest BCUT2D eigenvalue weighted by atomic mass is 10.1. The molecule has 0 atom stereocenters. The fourth-order valence-corrected chi connectivity index (χ4v) is 3.02. The molecule has 0 saturated carbocycles. The first kappa shape index (κ1) is 18.2. The van der Waals surface area contributed by atoms with Gasteiger partial charge in [-0.25, -0.2) is 0 Å². The molecule has 0 radical (unpaired) electrons. The number of rotatable bonds is 7.